The number of amides is 1. The third-order valence-electron chi connectivity index (χ3n) is 2.55. The minimum absolute atomic E-state index is 0.264. The quantitative estimate of drug-likeness (QED) is 0.927. The van der Waals surface area contributed by atoms with Gasteiger partial charge in [0.05, 0.1) is 10.0 Å². The van der Waals surface area contributed by atoms with Gasteiger partial charge in [0.1, 0.15) is 0 Å². The molecule has 6 heteroatoms. The minimum Gasteiger partial charge on any atom is -0.479 e. The highest BCUT2D eigenvalue weighted by molar-refractivity contribution is 6.42. The van der Waals surface area contributed by atoms with Gasteiger partial charge in [-0.15, -0.1) is 0 Å². The van der Waals surface area contributed by atoms with Gasteiger partial charge in [-0.3, -0.25) is 4.79 Å². The van der Waals surface area contributed by atoms with Crippen LogP contribution in [-0.4, -0.2) is 28.4 Å². The number of likely N-dealkylation sites (N-methyl/N-ethyl adjacent to an activating group) is 1. The molecule has 0 saturated heterocycles. The Morgan fingerprint density at radius 1 is 1.33 bits per heavy atom. The fraction of sp³-hybridized carbons (Fsp3) is 0.333. The van der Waals surface area contributed by atoms with Crippen LogP contribution in [0, 0.1) is 0 Å². The van der Waals surface area contributed by atoms with Gasteiger partial charge in [-0.05, 0) is 24.6 Å². The first-order valence-corrected chi connectivity index (χ1v) is 6.09. The third-order valence-corrected chi connectivity index (χ3v) is 3.29. The number of halogens is 2. The van der Waals surface area contributed by atoms with E-state index >= 15 is 0 Å². The lowest BCUT2D eigenvalue weighted by Crippen LogP contribution is -2.37. The summed E-state index contributed by atoms with van der Waals surface area (Å²) in [5.74, 6) is -1.42. The van der Waals surface area contributed by atoms with E-state index in [2.05, 4.69) is 0 Å². The van der Waals surface area contributed by atoms with Crippen LogP contribution in [0.4, 0.5) is 0 Å². The Balaban J connectivity index is 3.23. The van der Waals surface area contributed by atoms with E-state index in [-0.39, 0.29) is 10.9 Å². The molecule has 0 bridgehead atoms. The topological polar surface area (TPSA) is 57.6 Å². The number of carbonyl (C=O) groups excluding carboxylic acids is 1. The SMILES string of the molecule is CCN(C(C)=O)C(C(=O)O)c1ccc(Cl)c(Cl)c1. The van der Waals surface area contributed by atoms with Crippen molar-refractivity contribution < 1.29 is 14.7 Å². The normalized spacial score (nSPS) is 12.0. The predicted octanol–water partition coefficient (Wildman–Crippen LogP) is 2.99. The zero-order valence-corrected chi connectivity index (χ0v) is 11.5. The first kappa shape index (κ1) is 14.8. The lowest BCUT2D eigenvalue weighted by Gasteiger charge is -2.27. The van der Waals surface area contributed by atoms with E-state index in [0.717, 1.165) is 0 Å². The number of benzene rings is 1. The van der Waals surface area contributed by atoms with Crippen molar-refractivity contribution >= 4 is 35.1 Å². The van der Waals surface area contributed by atoms with Crippen LogP contribution in [0.25, 0.3) is 0 Å². The summed E-state index contributed by atoms with van der Waals surface area (Å²) in [6.45, 7) is 3.35. The molecule has 1 N–H and O–H groups in total. The van der Waals surface area contributed by atoms with Crippen LogP contribution < -0.4 is 0 Å². The number of hydrogen-bond donors (Lipinski definition) is 1. The Morgan fingerprint density at radius 2 is 1.94 bits per heavy atom. The van der Waals surface area contributed by atoms with E-state index in [1.165, 1.54) is 24.0 Å². The zero-order chi connectivity index (χ0) is 13.9. The maximum absolute atomic E-state index is 11.4. The highest BCUT2D eigenvalue weighted by Gasteiger charge is 2.28. The number of carboxylic acids is 1. The molecule has 18 heavy (non-hydrogen) atoms. The third kappa shape index (κ3) is 3.15. The van der Waals surface area contributed by atoms with Crippen molar-refractivity contribution in [1.29, 1.82) is 0 Å². The zero-order valence-electron chi connectivity index (χ0n) is 9.98. The van der Waals surface area contributed by atoms with E-state index in [1.54, 1.807) is 13.0 Å². The van der Waals surface area contributed by atoms with E-state index < -0.39 is 12.0 Å². The van der Waals surface area contributed by atoms with Crippen molar-refractivity contribution in [3.63, 3.8) is 0 Å². The molecule has 0 radical (unpaired) electrons. The smallest absolute Gasteiger partial charge is 0.331 e. The summed E-state index contributed by atoms with van der Waals surface area (Å²) < 4.78 is 0. The molecule has 0 aromatic heterocycles. The molecule has 1 amide bonds. The highest BCUT2D eigenvalue weighted by Crippen LogP contribution is 2.28. The molecule has 4 nitrogen and oxygen atoms in total. The van der Waals surface area contributed by atoms with Crippen LogP contribution in [0.5, 0.6) is 0 Å². The molecule has 1 atom stereocenters. The minimum atomic E-state index is -1.11. The summed E-state index contributed by atoms with van der Waals surface area (Å²) in [5.41, 5.74) is 0.425. The van der Waals surface area contributed by atoms with Crippen molar-refractivity contribution in [3.8, 4) is 0 Å². The van der Waals surface area contributed by atoms with Crippen molar-refractivity contribution in [3.05, 3.63) is 33.8 Å². The van der Waals surface area contributed by atoms with Crippen LogP contribution in [0.3, 0.4) is 0 Å². The number of hydrogen-bond acceptors (Lipinski definition) is 2. The van der Waals surface area contributed by atoms with Gasteiger partial charge < -0.3 is 10.0 Å². The van der Waals surface area contributed by atoms with Gasteiger partial charge >= 0.3 is 5.97 Å². The molecule has 1 aromatic rings. The Labute approximate surface area is 115 Å². The summed E-state index contributed by atoms with van der Waals surface area (Å²) in [4.78, 5) is 24.0. The molecular formula is C12H13Cl2NO3. The van der Waals surface area contributed by atoms with Gasteiger partial charge in [-0.1, -0.05) is 29.3 Å². The fourth-order valence-corrected chi connectivity index (χ4v) is 2.03. The summed E-state index contributed by atoms with van der Waals surface area (Å²) >= 11 is 11.6. The standard InChI is InChI=1S/C12H13Cl2NO3/c1-3-15(7(2)16)11(12(17)18)8-4-5-9(13)10(14)6-8/h4-6,11H,3H2,1-2H3,(H,17,18). The number of aliphatic carboxylic acids is 1. The molecule has 0 fully saturated rings. The predicted molar refractivity (Wildman–Crippen MR) is 69.9 cm³/mol. The van der Waals surface area contributed by atoms with Gasteiger partial charge in [-0.25, -0.2) is 4.79 Å². The van der Waals surface area contributed by atoms with E-state index in [0.29, 0.717) is 17.1 Å². The van der Waals surface area contributed by atoms with Crippen molar-refractivity contribution in [1.82, 2.24) is 4.90 Å². The Morgan fingerprint density at radius 3 is 2.33 bits per heavy atom. The largest absolute Gasteiger partial charge is 0.479 e. The van der Waals surface area contributed by atoms with E-state index in [4.69, 9.17) is 23.2 Å². The van der Waals surface area contributed by atoms with Crippen LogP contribution >= 0.6 is 23.2 Å². The second kappa shape index (κ2) is 6.07. The summed E-state index contributed by atoms with van der Waals surface area (Å²) in [5, 5.41) is 9.87. The van der Waals surface area contributed by atoms with Crippen LogP contribution in [0.15, 0.2) is 18.2 Å². The molecule has 1 unspecified atom stereocenters. The van der Waals surface area contributed by atoms with Gasteiger partial charge in [0.15, 0.2) is 6.04 Å². The average molecular weight is 290 g/mol. The van der Waals surface area contributed by atoms with Crippen molar-refractivity contribution in [2.75, 3.05) is 6.54 Å². The van der Waals surface area contributed by atoms with Gasteiger partial charge in [0, 0.05) is 13.5 Å². The lowest BCUT2D eigenvalue weighted by atomic mass is 10.1. The van der Waals surface area contributed by atoms with E-state index in [9.17, 15) is 14.7 Å². The van der Waals surface area contributed by atoms with Crippen molar-refractivity contribution in [2.45, 2.75) is 19.9 Å². The second-order valence-corrected chi connectivity index (χ2v) is 4.53. The van der Waals surface area contributed by atoms with Gasteiger partial charge in [0.25, 0.3) is 0 Å². The molecular weight excluding hydrogens is 277 g/mol. The number of nitrogens with zero attached hydrogens (tertiary/aromatic N) is 1. The molecule has 1 aromatic carbocycles. The molecule has 0 aliphatic rings. The van der Waals surface area contributed by atoms with Gasteiger partial charge in [-0.2, -0.15) is 0 Å². The molecule has 0 aliphatic carbocycles. The number of carbonyl (C=O) groups is 2. The monoisotopic (exact) mass is 289 g/mol. The van der Waals surface area contributed by atoms with E-state index in [1.807, 2.05) is 0 Å². The van der Waals surface area contributed by atoms with Crippen molar-refractivity contribution in [2.24, 2.45) is 0 Å². The Hall–Kier alpha value is -1.26. The molecule has 0 spiro atoms. The molecule has 0 heterocycles. The average Bonchev–Trinajstić information content (AvgIpc) is 2.28. The summed E-state index contributed by atoms with van der Waals surface area (Å²) in [6.07, 6.45) is 0. The Kier molecular flexibility index (Phi) is 4.99. The van der Waals surface area contributed by atoms with Crippen LogP contribution in [0.1, 0.15) is 25.5 Å². The first-order valence-electron chi connectivity index (χ1n) is 5.33. The fourth-order valence-electron chi connectivity index (χ4n) is 1.73. The maximum atomic E-state index is 11.4. The molecule has 98 valence electrons. The number of rotatable bonds is 4. The highest BCUT2D eigenvalue weighted by atomic mass is 35.5. The lowest BCUT2D eigenvalue weighted by molar-refractivity contribution is -0.149. The van der Waals surface area contributed by atoms with Crippen LogP contribution in [0.2, 0.25) is 10.0 Å². The second-order valence-electron chi connectivity index (χ2n) is 3.72. The molecule has 0 saturated carbocycles. The number of carboxylic acid groups (broad SMARTS) is 1. The first-order chi connectivity index (χ1) is 8.38. The molecule has 1 rings (SSSR count). The van der Waals surface area contributed by atoms with Gasteiger partial charge in [0.2, 0.25) is 5.91 Å². The summed E-state index contributed by atoms with van der Waals surface area (Å²) in [7, 11) is 0. The summed E-state index contributed by atoms with van der Waals surface area (Å²) in [6, 6.07) is 3.48. The molecule has 0 aliphatic heterocycles. The van der Waals surface area contributed by atoms with Crippen LogP contribution in [-0.2, 0) is 9.59 Å². The Bertz CT molecular complexity index is 476. The maximum Gasteiger partial charge on any atom is 0.331 e.